The summed E-state index contributed by atoms with van der Waals surface area (Å²) in [5, 5.41) is 0. The Kier molecular flexibility index (Phi) is 6.16. The third kappa shape index (κ3) is 4.39. The summed E-state index contributed by atoms with van der Waals surface area (Å²) in [7, 11) is -3.60. The van der Waals surface area contributed by atoms with Crippen LogP contribution in [0.5, 0.6) is 0 Å². The van der Waals surface area contributed by atoms with Crippen molar-refractivity contribution in [2.24, 2.45) is 5.73 Å². The average molecular weight is 337 g/mol. The summed E-state index contributed by atoms with van der Waals surface area (Å²) in [5.74, 6) is -0.354. The first-order chi connectivity index (χ1) is 9.29. The Morgan fingerprint density at radius 2 is 1.62 bits per heavy atom. The second-order valence-corrected chi connectivity index (χ2v) is 7.32. The van der Waals surface area contributed by atoms with E-state index >= 15 is 0 Å². The zero-order chi connectivity index (χ0) is 14.9. The zero-order valence-electron chi connectivity index (χ0n) is 12.2. The molecule has 0 aromatic heterocycles. The molecule has 2 rings (SSSR count). The lowest BCUT2D eigenvalue weighted by atomic mass is 9.93. The van der Waals surface area contributed by atoms with Crippen LogP contribution in [0.2, 0.25) is 0 Å². The molecule has 0 aliphatic heterocycles. The molecule has 0 amide bonds. The van der Waals surface area contributed by atoms with Gasteiger partial charge in [-0.1, -0.05) is 0 Å². The van der Waals surface area contributed by atoms with Gasteiger partial charge in [-0.2, -0.15) is 0 Å². The number of nitrogens with one attached hydrogen (secondary N) is 1. The molecule has 21 heavy (non-hydrogen) atoms. The lowest BCUT2D eigenvalue weighted by Gasteiger charge is -2.26. The monoisotopic (exact) mass is 336 g/mol. The maximum Gasteiger partial charge on any atom is 0.240 e. The maximum atomic E-state index is 13.6. The number of hydrogen-bond donors (Lipinski definition) is 2. The predicted octanol–water partition coefficient (Wildman–Crippen LogP) is 2.41. The van der Waals surface area contributed by atoms with Gasteiger partial charge >= 0.3 is 0 Å². The Bertz CT molecular complexity index is 576. The fraction of sp³-hybridized carbons (Fsp3) is 0.571. The molecule has 3 N–H and O–H groups in total. The Hall–Kier alpha value is -0.690. The van der Waals surface area contributed by atoms with Crippen molar-refractivity contribution in [2.75, 3.05) is 0 Å². The van der Waals surface area contributed by atoms with E-state index in [4.69, 9.17) is 5.73 Å². The number of aryl methyl sites for hydroxylation is 2. The maximum absolute atomic E-state index is 13.6. The highest BCUT2D eigenvalue weighted by Gasteiger charge is 2.25. The number of hydrogen-bond acceptors (Lipinski definition) is 3. The van der Waals surface area contributed by atoms with E-state index in [2.05, 4.69) is 4.72 Å². The van der Waals surface area contributed by atoms with Gasteiger partial charge in [-0.15, -0.1) is 12.4 Å². The molecule has 0 saturated heterocycles. The number of halogens is 2. The molecule has 120 valence electrons. The first-order valence-electron chi connectivity index (χ1n) is 6.84. The number of benzene rings is 1. The van der Waals surface area contributed by atoms with Crippen LogP contribution in [-0.4, -0.2) is 20.5 Å². The van der Waals surface area contributed by atoms with E-state index in [1.54, 1.807) is 13.8 Å². The van der Waals surface area contributed by atoms with Gasteiger partial charge in [0.05, 0.1) is 4.90 Å². The lowest BCUT2D eigenvalue weighted by molar-refractivity contribution is 0.373. The van der Waals surface area contributed by atoms with Gasteiger partial charge in [0.25, 0.3) is 0 Å². The second kappa shape index (κ2) is 7.05. The van der Waals surface area contributed by atoms with E-state index in [1.807, 2.05) is 0 Å². The summed E-state index contributed by atoms with van der Waals surface area (Å²) in [6, 6.07) is 2.84. The van der Waals surface area contributed by atoms with E-state index in [-0.39, 0.29) is 35.2 Å². The minimum absolute atomic E-state index is 0. The summed E-state index contributed by atoms with van der Waals surface area (Å²) in [4.78, 5) is 0.128. The third-order valence-corrected chi connectivity index (χ3v) is 5.31. The van der Waals surface area contributed by atoms with Crippen molar-refractivity contribution in [2.45, 2.75) is 56.5 Å². The van der Waals surface area contributed by atoms with Gasteiger partial charge in [-0.3, -0.25) is 0 Å². The average Bonchev–Trinajstić information content (AvgIpc) is 2.38. The molecule has 1 saturated carbocycles. The van der Waals surface area contributed by atoms with Gasteiger partial charge in [0, 0.05) is 12.1 Å². The van der Waals surface area contributed by atoms with Gasteiger partial charge in [0.15, 0.2) is 0 Å². The van der Waals surface area contributed by atoms with E-state index in [9.17, 15) is 12.8 Å². The zero-order valence-corrected chi connectivity index (χ0v) is 13.9. The van der Waals surface area contributed by atoms with Crippen LogP contribution >= 0.6 is 12.4 Å². The molecule has 0 bridgehead atoms. The summed E-state index contributed by atoms with van der Waals surface area (Å²) in [6.45, 7) is 3.14. The van der Waals surface area contributed by atoms with Gasteiger partial charge in [0.2, 0.25) is 10.0 Å². The topological polar surface area (TPSA) is 72.2 Å². The first-order valence-corrected chi connectivity index (χ1v) is 8.32. The Morgan fingerprint density at radius 1 is 1.14 bits per heavy atom. The molecule has 0 unspecified atom stereocenters. The van der Waals surface area contributed by atoms with Crippen molar-refractivity contribution in [3.05, 3.63) is 29.1 Å². The van der Waals surface area contributed by atoms with Crippen molar-refractivity contribution in [3.8, 4) is 0 Å². The van der Waals surface area contributed by atoms with Gasteiger partial charge in [-0.05, 0) is 62.8 Å². The van der Waals surface area contributed by atoms with Crippen LogP contribution in [0.3, 0.4) is 0 Å². The van der Waals surface area contributed by atoms with E-state index in [0.717, 1.165) is 25.7 Å². The number of rotatable bonds is 3. The molecular weight excluding hydrogens is 315 g/mol. The summed E-state index contributed by atoms with van der Waals surface area (Å²) >= 11 is 0. The SMILES string of the molecule is Cc1cc(S(=O)(=O)NC2CCC(N)CC2)cc(C)c1F.Cl. The molecule has 7 heteroatoms. The van der Waals surface area contributed by atoms with E-state index in [0.29, 0.717) is 11.1 Å². The van der Waals surface area contributed by atoms with Crippen LogP contribution in [0, 0.1) is 19.7 Å². The molecule has 0 atom stereocenters. The van der Waals surface area contributed by atoms with Crippen LogP contribution in [0.25, 0.3) is 0 Å². The molecule has 1 aliphatic rings. The second-order valence-electron chi connectivity index (χ2n) is 5.60. The molecule has 4 nitrogen and oxygen atoms in total. The minimum Gasteiger partial charge on any atom is -0.328 e. The first kappa shape index (κ1) is 18.4. The van der Waals surface area contributed by atoms with Gasteiger partial charge < -0.3 is 5.73 Å². The van der Waals surface area contributed by atoms with Crippen LogP contribution in [0.15, 0.2) is 17.0 Å². The van der Waals surface area contributed by atoms with Crippen molar-refractivity contribution in [3.63, 3.8) is 0 Å². The molecule has 0 spiro atoms. The van der Waals surface area contributed by atoms with Crippen LogP contribution < -0.4 is 10.5 Å². The van der Waals surface area contributed by atoms with Crippen molar-refractivity contribution in [1.29, 1.82) is 0 Å². The molecule has 1 aromatic carbocycles. The van der Waals surface area contributed by atoms with Crippen LogP contribution in [0.1, 0.15) is 36.8 Å². The highest BCUT2D eigenvalue weighted by atomic mass is 35.5. The molecule has 1 aromatic rings. The minimum atomic E-state index is -3.60. The Morgan fingerprint density at radius 3 is 2.10 bits per heavy atom. The highest BCUT2D eigenvalue weighted by molar-refractivity contribution is 7.89. The van der Waals surface area contributed by atoms with Gasteiger partial charge in [0.1, 0.15) is 5.82 Å². The molecule has 1 fully saturated rings. The standard InChI is InChI=1S/C14H21FN2O2S.ClH/c1-9-7-13(8-10(2)14(9)15)20(18,19)17-12-5-3-11(16)4-6-12;/h7-8,11-12,17H,3-6,16H2,1-2H3;1H. The largest absolute Gasteiger partial charge is 0.328 e. The quantitative estimate of drug-likeness (QED) is 0.890. The lowest BCUT2D eigenvalue weighted by Crippen LogP contribution is -2.40. The molecule has 1 aliphatic carbocycles. The smallest absolute Gasteiger partial charge is 0.240 e. The summed E-state index contributed by atoms with van der Waals surface area (Å²) in [6.07, 6.45) is 3.16. The molecule has 0 radical (unpaired) electrons. The van der Waals surface area contributed by atoms with Gasteiger partial charge in [-0.25, -0.2) is 17.5 Å². The fourth-order valence-corrected chi connectivity index (χ4v) is 4.06. The van der Waals surface area contributed by atoms with Crippen LogP contribution in [0.4, 0.5) is 4.39 Å². The highest BCUT2D eigenvalue weighted by Crippen LogP contribution is 2.22. The van der Waals surface area contributed by atoms with Crippen molar-refractivity contribution >= 4 is 22.4 Å². The summed E-state index contributed by atoms with van der Waals surface area (Å²) < 4.78 is 40.9. The third-order valence-electron chi connectivity index (χ3n) is 3.81. The molecular formula is C14H22ClFN2O2S. The fourth-order valence-electron chi connectivity index (χ4n) is 2.59. The normalized spacial score (nSPS) is 22.7. The van der Waals surface area contributed by atoms with Crippen molar-refractivity contribution < 1.29 is 12.8 Å². The van der Waals surface area contributed by atoms with E-state index in [1.165, 1.54) is 12.1 Å². The van der Waals surface area contributed by atoms with Crippen molar-refractivity contribution in [1.82, 2.24) is 4.72 Å². The van der Waals surface area contributed by atoms with E-state index < -0.39 is 10.0 Å². The summed E-state index contributed by atoms with van der Waals surface area (Å²) in [5.41, 5.74) is 6.50. The Balaban J connectivity index is 0.00000220. The Labute approximate surface area is 131 Å². The van der Waals surface area contributed by atoms with Crippen LogP contribution in [-0.2, 0) is 10.0 Å². The predicted molar refractivity (Wildman–Crippen MR) is 83.7 cm³/mol. The number of nitrogens with two attached hydrogens (primary N) is 1. The molecule has 0 heterocycles. The number of sulfonamides is 1.